The maximum Gasteiger partial charge on any atom is 0.295 e. The smallest absolute Gasteiger partial charge is 0.295 e. The molecular formula is C29H35NO6. The Morgan fingerprint density at radius 3 is 2.72 bits per heavy atom. The van der Waals surface area contributed by atoms with Gasteiger partial charge >= 0.3 is 0 Å². The highest BCUT2D eigenvalue weighted by Crippen LogP contribution is 2.41. The van der Waals surface area contributed by atoms with Crippen molar-refractivity contribution >= 4 is 17.4 Å². The largest absolute Gasteiger partial charge is 0.507 e. The number of ketones is 1. The van der Waals surface area contributed by atoms with Crippen molar-refractivity contribution in [1.82, 2.24) is 4.90 Å². The Labute approximate surface area is 212 Å². The molecule has 0 unspecified atom stereocenters. The van der Waals surface area contributed by atoms with Gasteiger partial charge in [0, 0.05) is 32.2 Å². The van der Waals surface area contributed by atoms with Crippen LogP contribution in [0.3, 0.4) is 0 Å². The van der Waals surface area contributed by atoms with E-state index >= 15 is 0 Å². The fourth-order valence-corrected chi connectivity index (χ4v) is 4.75. The monoisotopic (exact) mass is 493 g/mol. The Hall–Kier alpha value is -3.32. The number of hydrogen-bond acceptors (Lipinski definition) is 6. The second kappa shape index (κ2) is 11.2. The van der Waals surface area contributed by atoms with Crippen LogP contribution in [-0.2, 0) is 20.7 Å². The van der Waals surface area contributed by atoms with E-state index in [0.717, 1.165) is 24.2 Å². The molecule has 36 heavy (non-hydrogen) atoms. The van der Waals surface area contributed by atoms with Crippen LogP contribution in [0.2, 0.25) is 0 Å². The molecule has 7 heteroatoms. The topological polar surface area (TPSA) is 85.3 Å². The number of likely N-dealkylation sites (tertiary alicyclic amines) is 1. The number of ether oxygens (including phenoxy) is 3. The molecule has 0 aromatic heterocycles. The zero-order chi connectivity index (χ0) is 25.8. The molecular weight excluding hydrogens is 458 g/mol. The Kier molecular flexibility index (Phi) is 7.99. The molecule has 2 heterocycles. The molecule has 192 valence electrons. The fourth-order valence-electron chi connectivity index (χ4n) is 4.75. The van der Waals surface area contributed by atoms with Gasteiger partial charge in [-0.15, -0.1) is 0 Å². The number of aliphatic hydroxyl groups excluding tert-OH is 1. The molecule has 1 saturated heterocycles. The van der Waals surface area contributed by atoms with Crippen LogP contribution in [0, 0.1) is 5.92 Å². The Balaban J connectivity index is 1.74. The fraction of sp³-hybridized carbons (Fsp3) is 0.448. The van der Waals surface area contributed by atoms with E-state index in [1.54, 1.807) is 19.2 Å². The lowest BCUT2D eigenvalue weighted by molar-refractivity contribution is -0.140. The van der Waals surface area contributed by atoms with Gasteiger partial charge in [0.15, 0.2) is 0 Å². The highest BCUT2D eigenvalue weighted by molar-refractivity contribution is 6.46. The number of fused-ring (bicyclic) bond motifs is 1. The van der Waals surface area contributed by atoms with Crippen LogP contribution in [0.15, 0.2) is 48.0 Å². The minimum absolute atomic E-state index is 0.0576. The van der Waals surface area contributed by atoms with Gasteiger partial charge in [-0.05, 0) is 67.1 Å². The number of carbonyl (C=O) groups is 2. The lowest BCUT2D eigenvalue weighted by Gasteiger charge is -2.25. The molecule has 1 fully saturated rings. The third-order valence-electron chi connectivity index (χ3n) is 6.59. The molecule has 0 saturated carbocycles. The first-order valence-electron chi connectivity index (χ1n) is 12.6. The van der Waals surface area contributed by atoms with Crippen molar-refractivity contribution in [2.75, 3.05) is 26.9 Å². The molecule has 1 amide bonds. The summed E-state index contributed by atoms with van der Waals surface area (Å²) in [5, 5.41) is 11.4. The van der Waals surface area contributed by atoms with Crippen LogP contribution in [0.1, 0.15) is 56.3 Å². The van der Waals surface area contributed by atoms with Gasteiger partial charge < -0.3 is 24.2 Å². The van der Waals surface area contributed by atoms with E-state index in [4.69, 9.17) is 14.2 Å². The summed E-state index contributed by atoms with van der Waals surface area (Å²) >= 11 is 0. The SMILES string of the molecule is COCCCN1C(=O)C(=O)/C(=C(/O)c2ccc3c(c2)C[C@@H](C)O3)[C@H]1c1cccc(OCCC(C)C)c1. The third kappa shape index (κ3) is 5.41. The zero-order valence-electron chi connectivity index (χ0n) is 21.5. The quantitative estimate of drug-likeness (QED) is 0.219. The van der Waals surface area contributed by atoms with Crippen LogP contribution in [0.4, 0.5) is 0 Å². The van der Waals surface area contributed by atoms with E-state index in [9.17, 15) is 14.7 Å². The van der Waals surface area contributed by atoms with Crippen molar-refractivity contribution in [1.29, 1.82) is 0 Å². The van der Waals surface area contributed by atoms with E-state index in [-0.39, 0.29) is 17.4 Å². The standard InChI is InChI=1S/C29H35NO6/c1-18(2)11-14-35-23-8-5-7-20(17-23)26-25(28(32)29(33)30(26)12-6-13-34-4)27(31)21-9-10-24-22(16-21)15-19(3)36-24/h5,7-10,16-19,26,31H,6,11-15H2,1-4H3/b27-25+/t19-,26-/m1/s1. The maximum absolute atomic E-state index is 13.3. The minimum atomic E-state index is -0.723. The molecule has 0 spiro atoms. The summed E-state index contributed by atoms with van der Waals surface area (Å²) < 4.78 is 16.9. The molecule has 0 aliphatic carbocycles. The van der Waals surface area contributed by atoms with Crippen molar-refractivity contribution in [3.63, 3.8) is 0 Å². The number of carbonyl (C=O) groups excluding carboxylic acids is 2. The molecule has 2 aliphatic heterocycles. The number of nitrogens with zero attached hydrogens (tertiary/aromatic N) is 1. The highest BCUT2D eigenvalue weighted by Gasteiger charge is 2.46. The number of rotatable bonds is 10. The first kappa shape index (κ1) is 25.8. The summed E-state index contributed by atoms with van der Waals surface area (Å²) in [6, 6.07) is 12.1. The van der Waals surface area contributed by atoms with Crippen LogP contribution in [0.5, 0.6) is 11.5 Å². The molecule has 2 aromatic carbocycles. The molecule has 0 radical (unpaired) electrons. The van der Waals surface area contributed by atoms with Gasteiger partial charge in [0.25, 0.3) is 11.7 Å². The molecule has 0 bridgehead atoms. The summed E-state index contributed by atoms with van der Waals surface area (Å²) in [6.07, 6.45) is 2.27. The second-order valence-electron chi connectivity index (χ2n) is 9.90. The molecule has 7 nitrogen and oxygen atoms in total. The van der Waals surface area contributed by atoms with E-state index in [0.29, 0.717) is 49.0 Å². The first-order chi connectivity index (χ1) is 17.3. The number of methoxy groups -OCH3 is 1. The van der Waals surface area contributed by atoms with Crippen LogP contribution in [-0.4, -0.2) is 54.7 Å². The van der Waals surface area contributed by atoms with E-state index in [2.05, 4.69) is 13.8 Å². The van der Waals surface area contributed by atoms with Crippen molar-refractivity contribution in [3.8, 4) is 11.5 Å². The summed E-state index contributed by atoms with van der Waals surface area (Å²) in [5.74, 6) is 0.469. The predicted octanol–water partition coefficient (Wildman–Crippen LogP) is 4.89. The van der Waals surface area contributed by atoms with Gasteiger partial charge in [-0.2, -0.15) is 0 Å². The van der Waals surface area contributed by atoms with E-state index in [1.165, 1.54) is 4.90 Å². The Morgan fingerprint density at radius 1 is 1.17 bits per heavy atom. The predicted molar refractivity (Wildman–Crippen MR) is 137 cm³/mol. The maximum atomic E-state index is 13.3. The highest BCUT2D eigenvalue weighted by atomic mass is 16.5. The number of hydrogen-bond donors (Lipinski definition) is 1. The lowest BCUT2D eigenvalue weighted by Crippen LogP contribution is -2.31. The van der Waals surface area contributed by atoms with Gasteiger partial charge in [0.2, 0.25) is 0 Å². The number of benzene rings is 2. The van der Waals surface area contributed by atoms with Crippen molar-refractivity contribution in [2.45, 2.75) is 52.2 Å². The van der Waals surface area contributed by atoms with Crippen LogP contribution >= 0.6 is 0 Å². The summed E-state index contributed by atoms with van der Waals surface area (Å²) in [4.78, 5) is 27.9. The van der Waals surface area contributed by atoms with E-state index in [1.807, 2.05) is 37.3 Å². The zero-order valence-corrected chi connectivity index (χ0v) is 21.5. The number of Topliss-reactive ketones (excluding diaryl/α,β-unsaturated/α-hetero) is 1. The minimum Gasteiger partial charge on any atom is -0.507 e. The Bertz CT molecular complexity index is 1150. The van der Waals surface area contributed by atoms with Crippen LogP contribution < -0.4 is 9.47 Å². The average molecular weight is 494 g/mol. The number of aliphatic hydroxyl groups is 1. The van der Waals surface area contributed by atoms with Gasteiger partial charge in [0.05, 0.1) is 18.2 Å². The summed E-state index contributed by atoms with van der Waals surface area (Å²) in [5.41, 5.74) is 2.27. The van der Waals surface area contributed by atoms with Crippen LogP contribution in [0.25, 0.3) is 5.76 Å². The van der Waals surface area contributed by atoms with Gasteiger partial charge in [-0.25, -0.2) is 0 Å². The normalized spacial score (nSPS) is 20.6. The molecule has 2 aliphatic rings. The molecule has 2 aromatic rings. The molecule has 2 atom stereocenters. The third-order valence-corrected chi connectivity index (χ3v) is 6.59. The molecule has 4 rings (SSSR count). The van der Waals surface area contributed by atoms with Crippen molar-refractivity contribution in [2.24, 2.45) is 5.92 Å². The van der Waals surface area contributed by atoms with Crippen molar-refractivity contribution < 1.29 is 28.9 Å². The second-order valence-corrected chi connectivity index (χ2v) is 9.90. The first-order valence-corrected chi connectivity index (χ1v) is 12.6. The van der Waals surface area contributed by atoms with Gasteiger partial charge in [0.1, 0.15) is 23.4 Å². The van der Waals surface area contributed by atoms with Gasteiger partial charge in [-0.3, -0.25) is 9.59 Å². The lowest BCUT2D eigenvalue weighted by atomic mass is 9.94. The number of amides is 1. The Morgan fingerprint density at radius 2 is 1.97 bits per heavy atom. The summed E-state index contributed by atoms with van der Waals surface area (Å²) in [7, 11) is 1.60. The summed E-state index contributed by atoms with van der Waals surface area (Å²) in [6.45, 7) is 7.62. The molecule has 1 N–H and O–H groups in total. The van der Waals surface area contributed by atoms with Gasteiger partial charge in [-0.1, -0.05) is 26.0 Å². The van der Waals surface area contributed by atoms with E-state index < -0.39 is 17.7 Å². The van der Waals surface area contributed by atoms with Crippen molar-refractivity contribution in [3.05, 3.63) is 64.7 Å². The average Bonchev–Trinajstić information content (AvgIpc) is 3.34.